The van der Waals surface area contributed by atoms with Gasteiger partial charge >= 0.3 is 0 Å². The number of anilines is 1. The van der Waals surface area contributed by atoms with Gasteiger partial charge < -0.3 is 10.2 Å². The molecule has 2 rings (SSSR count). The molecule has 0 unspecified atom stereocenters. The molecule has 0 saturated carbocycles. The highest BCUT2D eigenvalue weighted by Crippen LogP contribution is 2.22. The molecule has 15 heavy (non-hydrogen) atoms. The number of nitrogens with zero attached hydrogens (tertiary/aromatic N) is 1. The van der Waals surface area contributed by atoms with Gasteiger partial charge in [-0.2, -0.15) is 0 Å². The minimum absolute atomic E-state index is 0.572. The van der Waals surface area contributed by atoms with Crippen LogP contribution in [0.5, 0.6) is 0 Å². The quantitative estimate of drug-likeness (QED) is 0.843. The van der Waals surface area contributed by atoms with E-state index in [2.05, 4.69) is 64.3 Å². The molecule has 3 heteroatoms. The van der Waals surface area contributed by atoms with E-state index < -0.39 is 0 Å². The third-order valence-electron chi connectivity index (χ3n) is 2.92. The zero-order valence-electron chi connectivity index (χ0n) is 9.20. The van der Waals surface area contributed by atoms with Gasteiger partial charge in [0.15, 0.2) is 0 Å². The Morgan fingerprint density at radius 1 is 1.27 bits per heavy atom. The second-order valence-electron chi connectivity index (χ2n) is 4.29. The number of piperazine rings is 1. The van der Waals surface area contributed by atoms with Gasteiger partial charge in [0.25, 0.3) is 0 Å². The fraction of sp³-hybridized carbons (Fsp3) is 0.500. The molecule has 2 atom stereocenters. The van der Waals surface area contributed by atoms with E-state index in [9.17, 15) is 0 Å². The Bertz CT molecular complexity index is 323. The van der Waals surface area contributed by atoms with Crippen LogP contribution >= 0.6 is 15.9 Å². The lowest BCUT2D eigenvalue weighted by Gasteiger charge is -2.39. The van der Waals surface area contributed by atoms with Crippen molar-refractivity contribution in [3.63, 3.8) is 0 Å². The Hall–Kier alpha value is -0.540. The predicted molar refractivity (Wildman–Crippen MR) is 68.4 cm³/mol. The fourth-order valence-corrected chi connectivity index (χ4v) is 2.28. The summed E-state index contributed by atoms with van der Waals surface area (Å²) >= 11 is 3.47. The SMILES string of the molecule is C[C@@H]1CN[C@@H](C)CN1c1ccc(Br)cc1. The molecule has 2 nitrogen and oxygen atoms in total. The molecule has 1 aromatic carbocycles. The Morgan fingerprint density at radius 2 is 1.93 bits per heavy atom. The average molecular weight is 269 g/mol. The Kier molecular flexibility index (Phi) is 3.32. The van der Waals surface area contributed by atoms with Crippen LogP contribution in [-0.4, -0.2) is 25.2 Å². The number of halogens is 1. The molecule has 0 radical (unpaired) electrons. The molecule has 1 N–H and O–H groups in total. The second kappa shape index (κ2) is 4.54. The van der Waals surface area contributed by atoms with Gasteiger partial charge in [0.1, 0.15) is 0 Å². The van der Waals surface area contributed by atoms with Crippen LogP contribution in [-0.2, 0) is 0 Å². The maximum atomic E-state index is 3.49. The highest BCUT2D eigenvalue weighted by molar-refractivity contribution is 9.10. The number of hydrogen-bond donors (Lipinski definition) is 1. The first kappa shape index (κ1) is 11.0. The molecule has 82 valence electrons. The van der Waals surface area contributed by atoms with E-state index in [0.29, 0.717) is 12.1 Å². The first-order chi connectivity index (χ1) is 7.16. The van der Waals surface area contributed by atoms with Crippen molar-refractivity contribution in [3.05, 3.63) is 28.7 Å². The van der Waals surface area contributed by atoms with Gasteiger partial charge in [-0.15, -0.1) is 0 Å². The summed E-state index contributed by atoms with van der Waals surface area (Å²) in [4.78, 5) is 2.47. The summed E-state index contributed by atoms with van der Waals surface area (Å²) in [6.07, 6.45) is 0. The van der Waals surface area contributed by atoms with Crippen molar-refractivity contribution in [1.29, 1.82) is 0 Å². The highest BCUT2D eigenvalue weighted by Gasteiger charge is 2.22. The molecule has 1 saturated heterocycles. The topological polar surface area (TPSA) is 15.3 Å². The Morgan fingerprint density at radius 3 is 2.60 bits per heavy atom. The molecule has 0 spiro atoms. The minimum Gasteiger partial charge on any atom is -0.366 e. The smallest absolute Gasteiger partial charge is 0.0387 e. The lowest BCUT2D eigenvalue weighted by molar-refractivity contribution is 0.425. The number of hydrogen-bond acceptors (Lipinski definition) is 2. The highest BCUT2D eigenvalue weighted by atomic mass is 79.9. The lowest BCUT2D eigenvalue weighted by Crippen LogP contribution is -2.54. The van der Waals surface area contributed by atoms with Crippen LogP contribution in [0.3, 0.4) is 0 Å². The van der Waals surface area contributed by atoms with Crippen molar-refractivity contribution in [2.24, 2.45) is 0 Å². The maximum Gasteiger partial charge on any atom is 0.0387 e. The first-order valence-corrected chi connectivity index (χ1v) is 6.21. The summed E-state index contributed by atoms with van der Waals surface area (Å²) in [6, 6.07) is 9.72. The number of benzene rings is 1. The van der Waals surface area contributed by atoms with Crippen LogP contribution in [0.15, 0.2) is 28.7 Å². The molecule has 0 amide bonds. The van der Waals surface area contributed by atoms with Crippen molar-refractivity contribution in [1.82, 2.24) is 5.32 Å². The van der Waals surface area contributed by atoms with Crippen LogP contribution in [0.1, 0.15) is 13.8 Å². The summed E-state index contributed by atoms with van der Waals surface area (Å²) < 4.78 is 1.14. The number of nitrogens with one attached hydrogen (secondary N) is 1. The molecule has 1 fully saturated rings. The standard InChI is InChI=1S/C12H17BrN2/c1-9-8-15(10(2)7-14-9)12-5-3-11(13)4-6-12/h3-6,9-10,14H,7-8H2,1-2H3/t9-,10+/m0/s1. The van der Waals surface area contributed by atoms with Crippen molar-refractivity contribution in [2.45, 2.75) is 25.9 Å². The summed E-state index contributed by atoms with van der Waals surface area (Å²) in [5.41, 5.74) is 1.32. The van der Waals surface area contributed by atoms with Crippen molar-refractivity contribution in [2.75, 3.05) is 18.0 Å². The molecule has 0 aromatic heterocycles. The van der Waals surface area contributed by atoms with Gasteiger partial charge in [-0.1, -0.05) is 15.9 Å². The van der Waals surface area contributed by atoms with Crippen LogP contribution in [0.4, 0.5) is 5.69 Å². The molecule has 0 aliphatic carbocycles. The predicted octanol–water partition coefficient (Wildman–Crippen LogP) is 2.64. The minimum atomic E-state index is 0.572. The van der Waals surface area contributed by atoms with E-state index >= 15 is 0 Å². The average Bonchev–Trinajstić information content (AvgIpc) is 2.23. The first-order valence-electron chi connectivity index (χ1n) is 5.42. The van der Waals surface area contributed by atoms with Crippen LogP contribution in [0, 0.1) is 0 Å². The molecular weight excluding hydrogens is 252 g/mol. The molecule has 1 aliphatic rings. The van der Waals surface area contributed by atoms with Crippen molar-refractivity contribution < 1.29 is 0 Å². The van der Waals surface area contributed by atoms with Crippen LogP contribution < -0.4 is 10.2 Å². The van der Waals surface area contributed by atoms with Gasteiger partial charge in [-0.3, -0.25) is 0 Å². The van der Waals surface area contributed by atoms with E-state index in [-0.39, 0.29) is 0 Å². The molecule has 0 bridgehead atoms. The van der Waals surface area contributed by atoms with Crippen molar-refractivity contribution in [3.8, 4) is 0 Å². The summed E-state index contributed by atoms with van der Waals surface area (Å²) in [5, 5.41) is 3.49. The molecule has 1 aliphatic heterocycles. The van der Waals surface area contributed by atoms with Gasteiger partial charge in [0.2, 0.25) is 0 Å². The second-order valence-corrected chi connectivity index (χ2v) is 5.20. The normalized spacial score (nSPS) is 26.7. The monoisotopic (exact) mass is 268 g/mol. The fourth-order valence-electron chi connectivity index (χ4n) is 2.01. The third-order valence-corrected chi connectivity index (χ3v) is 3.45. The van der Waals surface area contributed by atoms with Gasteiger partial charge in [-0.05, 0) is 38.1 Å². The summed E-state index contributed by atoms with van der Waals surface area (Å²) in [5.74, 6) is 0. The van der Waals surface area contributed by atoms with Crippen LogP contribution in [0.2, 0.25) is 0 Å². The zero-order chi connectivity index (χ0) is 10.8. The maximum absolute atomic E-state index is 3.49. The molecule has 1 heterocycles. The molecule has 1 aromatic rings. The molecular formula is C12H17BrN2. The summed E-state index contributed by atoms with van der Waals surface area (Å²) in [7, 11) is 0. The van der Waals surface area contributed by atoms with E-state index in [1.165, 1.54) is 5.69 Å². The lowest BCUT2D eigenvalue weighted by atomic mass is 10.1. The Balaban J connectivity index is 2.17. The largest absolute Gasteiger partial charge is 0.366 e. The van der Waals surface area contributed by atoms with E-state index in [0.717, 1.165) is 17.6 Å². The third kappa shape index (κ3) is 2.52. The van der Waals surface area contributed by atoms with Crippen molar-refractivity contribution >= 4 is 21.6 Å². The van der Waals surface area contributed by atoms with E-state index in [1.54, 1.807) is 0 Å². The van der Waals surface area contributed by atoms with E-state index in [1.807, 2.05) is 0 Å². The van der Waals surface area contributed by atoms with Gasteiger partial charge in [-0.25, -0.2) is 0 Å². The van der Waals surface area contributed by atoms with E-state index in [4.69, 9.17) is 0 Å². The Labute approximate surface area is 99.8 Å². The number of rotatable bonds is 1. The van der Waals surface area contributed by atoms with Gasteiger partial charge in [0.05, 0.1) is 0 Å². The summed E-state index contributed by atoms with van der Waals surface area (Å²) in [6.45, 7) is 6.65. The van der Waals surface area contributed by atoms with Crippen LogP contribution in [0.25, 0.3) is 0 Å². The zero-order valence-corrected chi connectivity index (χ0v) is 10.8. The van der Waals surface area contributed by atoms with Gasteiger partial charge in [0, 0.05) is 35.3 Å².